The van der Waals surface area contributed by atoms with Gasteiger partial charge in [-0.2, -0.15) is 0 Å². The number of hydrogen-bond donors (Lipinski definition) is 2. The fourth-order valence-electron chi connectivity index (χ4n) is 2.18. The van der Waals surface area contributed by atoms with Gasteiger partial charge in [-0.25, -0.2) is 4.98 Å². The van der Waals surface area contributed by atoms with E-state index in [4.69, 9.17) is 4.74 Å². The number of aromatic nitrogens is 2. The zero-order chi connectivity index (χ0) is 15.4. The van der Waals surface area contributed by atoms with E-state index in [1.165, 1.54) is 0 Å². The van der Waals surface area contributed by atoms with Crippen molar-refractivity contribution in [2.24, 2.45) is 0 Å². The molecule has 1 amide bonds. The van der Waals surface area contributed by atoms with Crippen LogP contribution in [0, 0.1) is 0 Å². The van der Waals surface area contributed by atoms with Gasteiger partial charge in [0, 0.05) is 5.69 Å². The second-order valence-corrected chi connectivity index (χ2v) is 4.70. The first-order valence-corrected chi connectivity index (χ1v) is 6.81. The van der Waals surface area contributed by atoms with Crippen LogP contribution in [0.1, 0.15) is 10.4 Å². The lowest BCUT2D eigenvalue weighted by molar-refractivity contribution is 0.102. The molecule has 110 valence electrons. The number of methoxy groups -OCH3 is 1. The largest absolute Gasteiger partial charge is 0.496 e. The number of rotatable bonds is 4. The average Bonchev–Trinajstić information content (AvgIpc) is 3.10. The molecular formula is C17H15N3O2. The summed E-state index contributed by atoms with van der Waals surface area (Å²) in [6.45, 7) is 0. The number of ether oxygens (including phenoxy) is 1. The number of anilines is 1. The quantitative estimate of drug-likeness (QED) is 0.775. The molecule has 0 radical (unpaired) electrons. The molecule has 0 unspecified atom stereocenters. The Bertz CT molecular complexity index is 765. The van der Waals surface area contributed by atoms with Crippen molar-refractivity contribution in [1.29, 1.82) is 0 Å². The number of benzene rings is 2. The molecule has 22 heavy (non-hydrogen) atoms. The zero-order valence-corrected chi connectivity index (χ0v) is 12.0. The first-order chi connectivity index (χ1) is 10.8. The predicted octanol–water partition coefficient (Wildman–Crippen LogP) is 3.34. The zero-order valence-electron chi connectivity index (χ0n) is 12.0. The van der Waals surface area contributed by atoms with E-state index in [1.807, 2.05) is 30.3 Å². The molecule has 2 aromatic carbocycles. The van der Waals surface area contributed by atoms with Gasteiger partial charge in [0.1, 0.15) is 5.75 Å². The Kier molecular flexibility index (Phi) is 3.87. The molecule has 0 bridgehead atoms. The van der Waals surface area contributed by atoms with Crippen LogP contribution in [-0.2, 0) is 0 Å². The molecule has 0 atom stereocenters. The van der Waals surface area contributed by atoms with Crippen LogP contribution in [0.25, 0.3) is 11.3 Å². The van der Waals surface area contributed by atoms with Crippen molar-refractivity contribution in [3.8, 4) is 17.0 Å². The monoisotopic (exact) mass is 293 g/mol. The maximum Gasteiger partial charge on any atom is 0.259 e. The number of aromatic amines is 1. The lowest BCUT2D eigenvalue weighted by Crippen LogP contribution is -2.12. The normalized spacial score (nSPS) is 10.2. The summed E-state index contributed by atoms with van der Waals surface area (Å²) in [4.78, 5) is 19.3. The molecule has 0 fully saturated rings. The fraction of sp³-hybridized carbons (Fsp3) is 0.0588. The third kappa shape index (κ3) is 2.83. The topological polar surface area (TPSA) is 67.0 Å². The number of amides is 1. The molecule has 0 aliphatic rings. The highest BCUT2D eigenvalue weighted by atomic mass is 16.5. The van der Waals surface area contributed by atoms with E-state index in [2.05, 4.69) is 15.3 Å². The number of hydrogen-bond acceptors (Lipinski definition) is 3. The van der Waals surface area contributed by atoms with Gasteiger partial charge in [-0.15, -0.1) is 0 Å². The number of carbonyl (C=O) groups is 1. The number of nitrogens with one attached hydrogen (secondary N) is 2. The Morgan fingerprint density at radius 1 is 1.14 bits per heavy atom. The van der Waals surface area contributed by atoms with Crippen LogP contribution in [-0.4, -0.2) is 23.0 Å². The van der Waals surface area contributed by atoms with Crippen LogP contribution < -0.4 is 10.1 Å². The molecule has 0 aliphatic heterocycles. The third-order valence-corrected chi connectivity index (χ3v) is 3.30. The Morgan fingerprint density at radius 3 is 2.59 bits per heavy atom. The van der Waals surface area contributed by atoms with Crippen LogP contribution in [0.4, 0.5) is 5.69 Å². The first kappa shape index (κ1) is 13.9. The Balaban J connectivity index is 1.77. The second-order valence-electron chi connectivity index (χ2n) is 4.70. The van der Waals surface area contributed by atoms with Crippen molar-refractivity contribution in [2.45, 2.75) is 0 Å². The molecule has 3 rings (SSSR count). The van der Waals surface area contributed by atoms with Crippen molar-refractivity contribution in [1.82, 2.24) is 9.97 Å². The molecular weight excluding hydrogens is 278 g/mol. The highest BCUT2D eigenvalue weighted by Crippen LogP contribution is 2.21. The molecule has 2 N–H and O–H groups in total. The van der Waals surface area contributed by atoms with Crippen molar-refractivity contribution in [3.63, 3.8) is 0 Å². The van der Waals surface area contributed by atoms with Crippen molar-refractivity contribution in [3.05, 3.63) is 66.6 Å². The molecule has 0 saturated heterocycles. The third-order valence-electron chi connectivity index (χ3n) is 3.30. The lowest BCUT2D eigenvalue weighted by atomic mass is 10.1. The van der Waals surface area contributed by atoms with E-state index in [9.17, 15) is 4.79 Å². The summed E-state index contributed by atoms with van der Waals surface area (Å²) in [6, 6.07) is 14.7. The Hall–Kier alpha value is -3.08. The van der Waals surface area contributed by atoms with Crippen molar-refractivity contribution < 1.29 is 9.53 Å². The summed E-state index contributed by atoms with van der Waals surface area (Å²) in [6.07, 6.45) is 3.38. The van der Waals surface area contributed by atoms with E-state index in [1.54, 1.807) is 37.8 Å². The van der Waals surface area contributed by atoms with Crippen LogP contribution in [0.3, 0.4) is 0 Å². The number of para-hydroxylation sites is 1. The summed E-state index contributed by atoms with van der Waals surface area (Å²) in [5.74, 6) is 0.348. The van der Waals surface area contributed by atoms with Crippen LogP contribution in [0.2, 0.25) is 0 Å². The van der Waals surface area contributed by atoms with E-state index < -0.39 is 0 Å². The summed E-state index contributed by atoms with van der Waals surface area (Å²) in [5, 5.41) is 2.86. The smallest absolute Gasteiger partial charge is 0.259 e. The van der Waals surface area contributed by atoms with Gasteiger partial charge in [0.05, 0.1) is 30.9 Å². The molecule has 0 aliphatic carbocycles. The van der Waals surface area contributed by atoms with Gasteiger partial charge in [0.25, 0.3) is 5.91 Å². The van der Waals surface area contributed by atoms with Gasteiger partial charge >= 0.3 is 0 Å². The average molecular weight is 293 g/mol. The summed E-state index contributed by atoms with van der Waals surface area (Å²) in [5.41, 5.74) is 3.16. The predicted molar refractivity (Wildman–Crippen MR) is 85.0 cm³/mol. The van der Waals surface area contributed by atoms with Crippen molar-refractivity contribution >= 4 is 11.6 Å². The number of carbonyl (C=O) groups excluding carboxylic acids is 1. The summed E-state index contributed by atoms with van der Waals surface area (Å²) in [7, 11) is 1.55. The molecule has 1 heterocycles. The Morgan fingerprint density at radius 2 is 1.91 bits per heavy atom. The minimum atomic E-state index is -0.202. The fourth-order valence-corrected chi connectivity index (χ4v) is 2.18. The second kappa shape index (κ2) is 6.13. The molecule has 5 nitrogen and oxygen atoms in total. The van der Waals surface area contributed by atoms with Gasteiger partial charge in [-0.05, 0) is 29.8 Å². The summed E-state index contributed by atoms with van der Waals surface area (Å²) < 4.78 is 5.20. The van der Waals surface area contributed by atoms with Crippen molar-refractivity contribution in [2.75, 3.05) is 12.4 Å². The minimum Gasteiger partial charge on any atom is -0.496 e. The first-order valence-electron chi connectivity index (χ1n) is 6.81. The van der Waals surface area contributed by atoms with E-state index >= 15 is 0 Å². The van der Waals surface area contributed by atoms with Crippen LogP contribution in [0.15, 0.2) is 61.1 Å². The van der Waals surface area contributed by atoms with E-state index in [0.29, 0.717) is 11.3 Å². The minimum absolute atomic E-state index is 0.202. The van der Waals surface area contributed by atoms with Gasteiger partial charge in [0.2, 0.25) is 0 Å². The van der Waals surface area contributed by atoms with E-state index in [-0.39, 0.29) is 5.91 Å². The number of nitrogens with zero attached hydrogens (tertiary/aromatic N) is 1. The van der Waals surface area contributed by atoms with Gasteiger partial charge in [-0.3, -0.25) is 4.79 Å². The Labute approximate surface area is 128 Å². The number of imidazole rings is 1. The highest BCUT2D eigenvalue weighted by molar-refractivity contribution is 6.06. The number of H-pyrrole nitrogens is 1. The molecule has 5 heteroatoms. The highest BCUT2D eigenvalue weighted by Gasteiger charge is 2.11. The standard InChI is InChI=1S/C17H15N3O2/c1-22-16-5-3-2-4-14(16)17(21)20-13-8-6-12(7-9-13)15-10-18-11-19-15/h2-11H,1H3,(H,18,19)(H,20,21). The van der Waals surface area contributed by atoms with Gasteiger partial charge < -0.3 is 15.0 Å². The maximum absolute atomic E-state index is 12.3. The molecule has 0 spiro atoms. The maximum atomic E-state index is 12.3. The van der Waals surface area contributed by atoms with Crippen LogP contribution >= 0.6 is 0 Å². The van der Waals surface area contributed by atoms with Gasteiger partial charge in [0.15, 0.2) is 0 Å². The summed E-state index contributed by atoms with van der Waals surface area (Å²) >= 11 is 0. The SMILES string of the molecule is COc1ccccc1C(=O)Nc1ccc(-c2cnc[nH]2)cc1. The molecule has 3 aromatic rings. The van der Waals surface area contributed by atoms with Gasteiger partial charge in [-0.1, -0.05) is 24.3 Å². The molecule has 1 aromatic heterocycles. The van der Waals surface area contributed by atoms with E-state index in [0.717, 1.165) is 16.9 Å². The van der Waals surface area contributed by atoms with Crippen LogP contribution in [0.5, 0.6) is 5.75 Å². The molecule has 0 saturated carbocycles. The lowest BCUT2D eigenvalue weighted by Gasteiger charge is -2.09.